The Hall–Kier alpha value is -2.63. The van der Waals surface area contributed by atoms with Crippen LogP contribution in [0.15, 0.2) is 28.9 Å². The number of amides is 2. The van der Waals surface area contributed by atoms with Crippen LogP contribution >= 0.6 is 0 Å². The van der Waals surface area contributed by atoms with Crippen LogP contribution in [0.3, 0.4) is 0 Å². The molecular weight excluding hydrogens is 282 g/mol. The molecule has 1 aromatic heterocycles. The molecule has 0 saturated heterocycles. The number of carbonyl (C=O) groups excluding carboxylic acids is 2. The molecule has 0 fully saturated rings. The van der Waals surface area contributed by atoms with Gasteiger partial charge in [-0.1, -0.05) is 31.1 Å². The van der Waals surface area contributed by atoms with Crippen molar-refractivity contribution in [3.63, 3.8) is 0 Å². The lowest BCUT2D eigenvalue weighted by Gasteiger charge is -2.07. The number of aromatic nitrogens is 1. The Morgan fingerprint density at radius 1 is 1.45 bits per heavy atom. The SMILES string of the molecule is CC(C)c1oncc1NC(=O)Cc1ccc2c(c1)NC(=O)C2. The summed E-state index contributed by atoms with van der Waals surface area (Å²) < 4.78 is 5.14. The van der Waals surface area contributed by atoms with Crippen LogP contribution in [0.2, 0.25) is 0 Å². The third-order valence-electron chi connectivity index (χ3n) is 3.56. The molecular formula is C16H17N3O3. The van der Waals surface area contributed by atoms with Crippen LogP contribution in [-0.4, -0.2) is 17.0 Å². The fourth-order valence-electron chi connectivity index (χ4n) is 2.51. The van der Waals surface area contributed by atoms with Crippen LogP contribution in [0.4, 0.5) is 11.4 Å². The number of rotatable bonds is 4. The van der Waals surface area contributed by atoms with Crippen LogP contribution in [-0.2, 0) is 22.4 Å². The van der Waals surface area contributed by atoms with Gasteiger partial charge in [-0.25, -0.2) is 0 Å². The van der Waals surface area contributed by atoms with E-state index in [1.165, 1.54) is 6.20 Å². The van der Waals surface area contributed by atoms with Gasteiger partial charge < -0.3 is 15.2 Å². The fraction of sp³-hybridized carbons (Fsp3) is 0.312. The molecule has 0 saturated carbocycles. The first-order chi connectivity index (χ1) is 10.5. The van der Waals surface area contributed by atoms with E-state index >= 15 is 0 Å². The van der Waals surface area contributed by atoms with E-state index in [9.17, 15) is 9.59 Å². The van der Waals surface area contributed by atoms with E-state index in [0.717, 1.165) is 16.8 Å². The number of hydrogen-bond donors (Lipinski definition) is 2. The molecule has 22 heavy (non-hydrogen) atoms. The summed E-state index contributed by atoms with van der Waals surface area (Å²) in [6, 6.07) is 5.60. The van der Waals surface area contributed by atoms with Gasteiger partial charge >= 0.3 is 0 Å². The highest BCUT2D eigenvalue weighted by Crippen LogP contribution is 2.25. The lowest BCUT2D eigenvalue weighted by atomic mass is 10.1. The van der Waals surface area contributed by atoms with Gasteiger partial charge in [0.05, 0.1) is 19.0 Å². The first-order valence-corrected chi connectivity index (χ1v) is 7.19. The molecule has 6 heteroatoms. The van der Waals surface area contributed by atoms with Crippen molar-refractivity contribution >= 4 is 23.2 Å². The lowest BCUT2D eigenvalue weighted by Crippen LogP contribution is -2.15. The zero-order valence-corrected chi connectivity index (χ0v) is 12.5. The average Bonchev–Trinajstić information content (AvgIpc) is 3.03. The summed E-state index contributed by atoms with van der Waals surface area (Å²) in [7, 11) is 0. The van der Waals surface area contributed by atoms with Gasteiger partial charge in [-0.2, -0.15) is 0 Å². The van der Waals surface area contributed by atoms with Crippen LogP contribution in [0.25, 0.3) is 0 Å². The number of hydrogen-bond acceptors (Lipinski definition) is 4. The minimum atomic E-state index is -0.144. The summed E-state index contributed by atoms with van der Waals surface area (Å²) in [6.45, 7) is 3.94. The summed E-state index contributed by atoms with van der Waals surface area (Å²) in [5.41, 5.74) is 3.22. The second-order valence-electron chi connectivity index (χ2n) is 5.70. The van der Waals surface area contributed by atoms with E-state index < -0.39 is 0 Å². The zero-order chi connectivity index (χ0) is 15.7. The molecule has 0 atom stereocenters. The number of carbonyl (C=O) groups is 2. The minimum Gasteiger partial charge on any atom is -0.359 e. The van der Waals surface area contributed by atoms with Gasteiger partial charge in [-0.15, -0.1) is 0 Å². The predicted octanol–water partition coefficient (Wildman–Crippen LogP) is 2.47. The van der Waals surface area contributed by atoms with Crippen LogP contribution in [0, 0.1) is 0 Å². The Kier molecular flexibility index (Phi) is 3.66. The second kappa shape index (κ2) is 5.63. The molecule has 1 aromatic carbocycles. The van der Waals surface area contributed by atoms with Crippen LogP contribution < -0.4 is 10.6 Å². The smallest absolute Gasteiger partial charge is 0.228 e. The predicted molar refractivity (Wildman–Crippen MR) is 81.7 cm³/mol. The Bertz CT molecular complexity index is 734. The summed E-state index contributed by atoms with van der Waals surface area (Å²) >= 11 is 0. The van der Waals surface area contributed by atoms with Gasteiger partial charge in [0.2, 0.25) is 11.8 Å². The normalized spacial score (nSPS) is 13.1. The maximum atomic E-state index is 12.2. The maximum Gasteiger partial charge on any atom is 0.228 e. The molecule has 3 rings (SSSR count). The summed E-state index contributed by atoms with van der Waals surface area (Å²) in [4.78, 5) is 23.5. The first-order valence-electron chi connectivity index (χ1n) is 7.19. The van der Waals surface area contributed by atoms with E-state index in [-0.39, 0.29) is 24.2 Å². The molecule has 2 amide bonds. The number of fused-ring (bicyclic) bond motifs is 1. The number of nitrogens with zero attached hydrogens (tertiary/aromatic N) is 1. The molecule has 1 aliphatic rings. The van der Waals surface area contributed by atoms with Gasteiger partial charge in [0.15, 0.2) is 5.76 Å². The largest absolute Gasteiger partial charge is 0.359 e. The highest BCUT2D eigenvalue weighted by atomic mass is 16.5. The highest BCUT2D eigenvalue weighted by molar-refractivity contribution is 5.99. The highest BCUT2D eigenvalue weighted by Gasteiger charge is 2.19. The van der Waals surface area contributed by atoms with E-state index in [1.807, 2.05) is 32.0 Å². The molecule has 0 aliphatic carbocycles. The summed E-state index contributed by atoms with van der Waals surface area (Å²) in [5, 5.41) is 9.32. The Balaban J connectivity index is 1.69. The van der Waals surface area contributed by atoms with Gasteiger partial charge in [0.1, 0.15) is 5.69 Å². The van der Waals surface area contributed by atoms with Crippen molar-refractivity contribution in [1.29, 1.82) is 0 Å². The molecule has 0 unspecified atom stereocenters. The van der Waals surface area contributed by atoms with Crippen LogP contribution in [0.5, 0.6) is 0 Å². The standard InChI is InChI=1S/C16H17N3O3/c1-9(2)16-13(8-17-22-16)19-14(20)6-10-3-4-11-7-15(21)18-12(11)5-10/h3-5,8-9H,6-7H2,1-2H3,(H,18,21)(H,19,20). The van der Waals surface area contributed by atoms with Crippen molar-refractivity contribution in [2.75, 3.05) is 10.6 Å². The molecule has 1 aliphatic heterocycles. The van der Waals surface area contributed by atoms with Crippen molar-refractivity contribution in [2.45, 2.75) is 32.6 Å². The van der Waals surface area contributed by atoms with E-state index in [1.54, 1.807) is 0 Å². The van der Waals surface area contributed by atoms with Gasteiger partial charge in [0, 0.05) is 11.6 Å². The lowest BCUT2D eigenvalue weighted by molar-refractivity contribution is -0.116. The van der Waals surface area contributed by atoms with Crippen molar-refractivity contribution < 1.29 is 14.1 Å². The first kappa shape index (κ1) is 14.3. The molecule has 2 aromatic rings. The molecule has 6 nitrogen and oxygen atoms in total. The zero-order valence-electron chi connectivity index (χ0n) is 12.5. The minimum absolute atomic E-state index is 0.0114. The molecule has 2 N–H and O–H groups in total. The fourth-order valence-corrected chi connectivity index (χ4v) is 2.51. The monoisotopic (exact) mass is 299 g/mol. The van der Waals surface area contributed by atoms with Gasteiger partial charge in [0.25, 0.3) is 0 Å². The van der Waals surface area contributed by atoms with E-state index in [2.05, 4.69) is 15.8 Å². The van der Waals surface area contributed by atoms with Crippen molar-refractivity contribution in [2.24, 2.45) is 0 Å². The van der Waals surface area contributed by atoms with Crippen molar-refractivity contribution in [3.05, 3.63) is 41.3 Å². The van der Waals surface area contributed by atoms with Gasteiger partial charge in [-0.05, 0) is 17.2 Å². The molecule has 2 heterocycles. The Morgan fingerprint density at radius 2 is 2.27 bits per heavy atom. The topological polar surface area (TPSA) is 84.2 Å². The molecule has 114 valence electrons. The Morgan fingerprint density at radius 3 is 3.05 bits per heavy atom. The quantitative estimate of drug-likeness (QED) is 0.908. The second-order valence-corrected chi connectivity index (χ2v) is 5.70. The van der Waals surface area contributed by atoms with E-state index in [0.29, 0.717) is 17.9 Å². The molecule has 0 radical (unpaired) electrons. The third kappa shape index (κ3) is 2.86. The maximum absolute atomic E-state index is 12.2. The summed E-state index contributed by atoms with van der Waals surface area (Å²) in [6.07, 6.45) is 2.14. The molecule has 0 spiro atoms. The number of benzene rings is 1. The molecule has 0 bridgehead atoms. The summed E-state index contributed by atoms with van der Waals surface area (Å²) in [5.74, 6) is 0.652. The van der Waals surface area contributed by atoms with Gasteiger partial charge in [-0.3, -0.25) is 9.59 Å². The van der Waals surface area contributed by atoms with Crippen LogP contribution in [0.1, 0.15) is 36.7 Å². The number of anilines is 2. The third-order valence-corrected chi connectivity index (χ3v) is 3.56. The average molecular weight is 299 g/mol. The number of nitrogens with one attached hydrogen (secondary N) is 2. The van der Waals surface area contributed by atoms with Crippen molar-refractivity contribution in [1.82, 2.24) is 5.16 Å². The van der Waals surface area contributed by atoms with Crippen molar-refractivity contribution in [3.8, 4) is 0 Å². The van der Waals surface area contributed by atoms with E-state index in [4.69, 9.17) is 4.52 Å². The Labute approximate surface area is 127 Å².